The minimum atomic E-state index is -0.268. The van der Waals surface area contributed by atoms with Crippen molar-refractivity contribution in [3.05, 3.63) is 40.4 Å². The van der Waals surface area contributed by atoms with Crippen molar-refractivity contribution in [3.8, 4) is 0 Å². The molecule has 0 radical (unpaired) electrons. The summed E-state index contributed by atoms with van der Waals surface area (Å²) in [5.41, 5.74) is 1.66. The highest BCUT2D eigenvalue weighted by Gasteiger charge is 2.17. The number of hydrogen-bond donors (Lipinski definition) is 2. The van der Waals surface area contributed by atoms with Crippen molar-refractivity contribution in [2.75, 3.05) is 5.32 Å². The second-order valence-corrected chi connectivity index (χ2v) is 5.49. The normalized spacial score (nSPS) is 13.0. The summed E-state index contributed by atoms with van der Waals surface area (Å²) in [7, 11) is 0. The number of amides is 2. The fourth-order valence-corrected chi connectivity index (χ4v) is 2.66. The first-order chi connectivity index (χ1) is 10.1. The second kappa shape index (κ2) is 5.73. The van der Waals surface area contributed by atoms with Crippen molar-refractivity contribution in [1.82, 2.24) is 20.1 Å². The molecule has 1 aliphatic heterocycles. The average Bonchev–Trinajstić information content (AvgIpc) is 3.03. The van der Waals surface area contributed by atoms with Gasteiger partial charge in [0.1, 0.15) is 5.82 Å². The van der Waals surface area contributed by atoms with Crippen LogP contribution < -0.4 is 10.6 Å². The summed E-state index contributed by atoms with van der Waals surface area (Å²) in [5.74, 6) is 1.80. The Kier molecular flexibility index (Phi) is 3.79. The van der Waals surface area contributed by atoms with Crippen molar-refractivity contribution >= 4 is 23.3 Å². The van der Waals surface area contributed by atoms with E-state index in [1.165, 1.54) is 0 Å². The van der Waals surface area contributed by atoms with Crippen molar-refractivity contribution in [2.45, 2.75) is 32.9 Å². The van der Waals surface area contributed by atoms with Gasteiger partial charge in [0, 0.05) is 23.7 Å². The van der Waals surface area contributed by atoms with Crippen molar-refractivity contribution in [1.29, 1.82) is 0 Å². The largest absolute Gasteiger partial charge is 0.331 e. The molecule has 0 spiro atoms. The lowest BCUT2D eigenvalue weighted by atomic mass is 10.2. The molecule has 0 fully saturated rings. The van der Waals surface area contributed by atoms with E-state index in [1.807, 2.05) is 13.0 Å². The maximum absolute atomic E-state index is 11.9. The number of nitrogens with zero attached hydrogens (tertiary/aromatic N) is 3. The van der Waals surface area contributed by atoms with Gasteiger partial charge in [-0.1, -0.05) is 11.6 Å². The van der Waals surface area contributed by atoms with Crippen LogP contribution in [-0.2, 0) is 19.5 Å². The van der Waals surface area contributed by atoms with E-state index in [0.29, 0.717) is 11.6 Å². The number of rotatable bonds is 3. The molecule has 0 atom stereocenters. The number of aryl methyl sites for hydroxylation is 2. The lowest BCUT2D eigenvalue weighted by molar-refractivity contribution is 0.251. The first-order valence-corrected chi connectivity index (χ1v) is 7.23. The van der Waals surface area contributed by atoms with Crippen LogP contribution in [0.25, 0.3) is 0 Å². The van der Waals surface area contributed by atoms with E-state index in [0.717, 1.165) is 42.3 Å². The van der Waals surface area contributed by atoms with Crippen LogP contribution in [0.2, 0.25) is 5.02 Å². The van der Waals surface area contributed by atoms with E-state index in [9.17, 15) is 4.79 Å². The molecule has 2 aromatic rings. The zero-order valence-corrected chi connectivity index (χ0v) is 12.4. The van der Waals surface area contributed by atoms with Crippen molar-refractivity contribution < 1.29 is 4.79 Å². The molecule has 1 aliphatic rings. The molecular weight excluding hydrogens is 290 g/mol. The SMILES string of the molecule is Cc1cc(Cl)ccc1NC(=O)NCc1nnc2n1CCC2. The first-order valence-electron chi connectivity index (χ1n) is 6.85. The molecule has 0 aliphatic carbocycles. The summed E-state index contributed by atoms with van der Waals surface area (Å²) in [4.78, 5) is 11.9. The highest BCUT2D eigenvalue weighted by molar-refractivity contribution is 6.30. The summed E-state index contributed by atoms with van der Waals surface area (Å²) in [6.45, 7) is 3.19. The zero-order chi connectivity index (χ0) is 14.8. The van der Waals surface area contributed by atoms with Crippen molar-refractivity contribution in [3.63, 3.8) is 0 Å². The minimum absolute atomic E-state index is 0.268. The standard InChI is InChI=1S/C14H16ClN5O/c1-9-7-10(15)4-5-11(9)17-14(21)16-8-13-19-18-12-3-2-6-20(12)13/h4-5,7H,2-3,6,8H2,1H3,(H2,16,17,21). The number of nitrogens with one attached hydrogen (secondary N) is 2. The lowest BCUT2D eigenvalue weighted by Gasteiger charge is -2.10. The van der Waals surface area contributed by atoms with Gasteiger partial charge in [-0.15, -0.1) is 10.2 Å². The van der Waals surface area contributed by atoms with E-state index in [4.69, 9.17) is 11.6 Å². The van der Waals surface area contributed by atoms with E-state index >= 15 is 0 Å². The van der Waals surface area contributed by atoms with Gasteiger partial charge in [-0.2, -0.15) is 0 Å². The van der Waals surface area contributed by atoms with E-state index in [2.05, 4.69) is 25.4 Å². The average molecular weight is 306 g/mol. The molecule has 2 N–H and O–H groups in total. The van der Waals surface area contributed by atoms with Gasteiger partial charge in [0.25, 0.3) is 0 Å². The molecule has 2 amide bonds. The first kappa shape index (κ1) is 13.9. The molecule has 0 saturated heterocycles. The summed E-state index contributed by atoms with van der Waals surface area (Å²) < 4.78 is 2.06. The third-order valence-electron chi connectivity index (χ3n) is 3.53. The smallest absolute Gasteiger partial charge is 0.319 e. The van der Waals surface area contributed by atoms with Crippen LogP contribution in [0.4, 0.5) is 10.5 Å². The van der Waals surface area contributed by atoms with Crippen LogP contribution in [0.15, 0.2) is 18.2 Å². The number of hydrogen-bond acceptors (Lipinski definition) is 3. The van der Waals surface area contributed by atoms with E-state index < -0.39 is 0 Å². The molecule has 2 heterocycles. The van der Waals surface area contributed by atoms with Crippen LogP contribution in [0, 0.1) is 6.92 Å². The molecule has 0 bridgehead atoms. The van der Waals surface area contributed by atoms with Crippen LogP contribution in [0.1, 0.15) is 23.6 Å². The number of benzene rings is 1. The Morgan fingerprint density at radius 2 is 2.29 bits per heavy atom. The Morgan fingerprint density at radius 1 is 1.43 bits per heavy atom. The quantitative estimate of drug-likeness (QED) is 0.915. The van der Waals surface area contributed by atoms with Gasteiger partial charge in [0.15, 0.2) is 5.82 Å². The summed E-state index contributed by atoms with van der Waals surface area (Å²) >= 11 is 5.89. The molecule has 0 unspecified atom stereocenters. The fraction of sp³-hybridized carbons (Fsp3) is 0.357. The molecule has 0 saturated carbocycles. The van der Waals surface area contributed by atoms with Crippen molar-refractivity contribution in [2.24, 2.45) is 0 Å². The van der Waals surface area contributed by atoms with Crippen LogP contribution in [-0.4, -0.2) is 20.8 Å². The number of fused-ring (bicyclic) bond motifs is 1. The summed E-state index contributed by atoms with van der Waals surface area (Å²) in [6, 6.07) is 5.07. The maximum atomic E-state index is 11.9. The predicted octanol–water partition coefficient (Wildman–Crippen LogP) is 2.51. The topological polar surface area (TPSA) is 71.8 Å². The van der Waals surface area contributed by atoms with E-state index in [-0.39, 0.29) is 6.03 Å². The minimum Gasteiger partial charge on any atom is -0.331 e. The second-order valence-electron chi connectivity index (χ2n) is 5.05. The molecule has 110 valence electrons. The monoisotopic (exact) mass is 305 g/mol. The number of urea groups is 1. The highest BCUT2D eigenvalue weighted by atomic mass is 35.5. The number of halogens is 1. The highest BCUT2D eigenvalue weighted by Crippen LogP contribution is 2.19. The molecule has 1 aromatic carbocycles. The Balaban J connectivity index is 1.59. The third-order valence-corrected chi connectivity index (χ3v) is 3.76. The maximum Gasteiger partial charge on any atom is 0.319 e. The van der Waals surface area contributed by atoms with E-state index in [1.54, 1.807) is 12.1 Å². The molecule has 7 heteroatoms. The Morgan fingerprint density at radius 3 is 3.10 bits per heavy atom. The number of aromatic nitrogens is 3. The molecule has 1 aromatic heterocycles. The van der Waals surface area contributed by atoms with Gasteiger partial charge >= 0.3 is 6.03 Å². The Labute approximate surface area is 127 Å². The van der Waals surface area contributed by atoms with Gasteiger partial charge in [-0.25, -0.2) is 4.79 Å². The lowest BCUT2D eigenvalue weighted by Crippen LogP contribution is -2.29. The molecule has 21 heavy (non-hydrogen) atoms. The van der Waals surface area contributed by atoms with Gasteiger partial charge < -0.3 is 15.2 Å². The molecule has 3 rings (SSSR count). The number of carbonyl (C=O) groups is 1. The number of carbonyl (C=O) groups excluding carboxylic acids is 1. The predicted molar refractivity (Wildman–Crippen MR) is 80.4 cm³/mol. The van der Waals surface area contributed by atoms with Crippen LogP contribution in [0.5, 0.6) is 0 Å². The van der Waals surface area contributed by atoms with Gasteiger partial charge in [0.05, 0.1) is 6.54 Å². The number of anilines is 1. The van der Waals surface area contributed by atoms with Crippen LogP contribution in [0.3, 0.4) is 0 Å². The zero-order valence-electron chi connectivity index (χ0n) is 11.7. The Bertz CT molecular complexity index is 682. The summed E-state index contributed by atoms with van der Waals surface area (Å²) in [5, 5.41) is 14.5. The van der Waals surface area contributed by atoms with Gasteiger partial charge in [0.2, 0.25) is 0 Å². The fourth-order valence-electron chi connectivity index (χ4n) is 2.43. The van der Waals surface area contributed by atoms with Gasteiger partial charge in [-0.05, 0) is 37.1 Å². The summed E-state index contributed by atoms with van der Waals surface area (Å²) in [6.07, 6.45) is 2.05. The third kappa shape index (κ3) is 3.00. The molecular formula is C14H16ClN5O. The van der Waals surface area contributed by atoms with Crippen LogP contribution >= 0.6 is 11.6 Å². The Hall–Kier alpha value is -2.08. The van der Waals surface area contributed by atoms with Gasteiger partial charge in [-0.3, -0.25) is 0 Å². The molecule has 6 nitrogen and oxygen atoms in total.